The molecule has 1 aromatic heterocycles. The van der Waals surface area contributed by atoms with Crippen LogP contribution in [0.4, 0.5) is 0 Å². The van der Waals surface area contributed by atoms with Crippen LogP contribution in [0.25, 0.3) is 98.8 Å². The van der Waals surface area contributed by atoms with Crippen LogP contribution in [-0.4, -0.2) is 0 Å². The molecule has 49 heavy (non-hydrogen) atoms. The molecule has 10 rings (SSSR count). The van der Waals surface area contributed by atoms with Gasteiger partial charge in [0.2, 0.25) is 0 Å². The van der Waals surface area contributed by atoms with Crippen molar-refractivity contribution in [3.05, 3.63) is 182 Å². The second-order valence-corrected chi connectivity index (χ2v) is 11.6. The molecule has 0 atom stereocenters. The Bertz CT molecular complexity index is 3750. The average molecular weight is 640 g/mol. The van der Waals surface area contributed by atoms with Crippen LogP contribution in [0.15, 0.2) is 186 Å². The molecular weight excluding hydrogens is 593 g/mol. The van der Waals surface area contributed by atoms with Crippen LogP contribution in [0.5, 0.6) is 0 Å². The first-order valence-electron chi connectivity index (χ1n) is 24.0. The van der Waals surface area contributed by atoms with E-state index in [2.05, 4.69) is 6.07 Å². The number of furan rings is 1. The summed E-state index contributed by atoms with van der Waals surface area (Å²) in [7, 11) is 0. The number of benzene rings is 9. The lowest BCUT2D eigenvalue weighted by molar-refractivity contribution is 0.669. The van der Waals surface area contributed by atoms with Crippen molar-refractivity contribution in [1.82, 2.24) is 0 Å². The standard InChI is InChI=1S/C48H30O/c1-2-13-32(14-3-1)46-39-18-6-8-20-41(39)47(42-21-9-7-19-40(42)46)37-17-10-16-34(29-37)35-26-27-43-45(30-35)49-44-23-11-22-38(48(43)44)36-25-24-31-12-4-5-15-33(31)28-36/h1-30H/i1D,2D,3D,6D,7D,8D,9D,10D,13D,14D,16D,17D,18D,19D,20D,21D,29D. The number of hydrogen-bond donors (Lipinski definition) is 0. The monoisotopic (exact) mass is 639 g/mol. The quantitative estimate of drug-likeness (QED) is 0.175. The number of rotatable bonds is 4. The molecule has 0 radical (unpaired) electrons. The zero-order valence-corrected chi connectivity index (χ0v) is 25.4. The predicted molar refractivity (Wildman–Crippen MR) is 208 cm³/mol. The highest BCUT2D eigenvalue weighted by Gasteiger charge is 2.18. The van der Waals surface area contributed by atoms with E-state index in [1.807, 2.05) is 54.6 Å². The molecule has 0 saturated heterocycles. The van der Waals surface area contributed by atoms with Gasteiger partial charge in [-0.2, -0.15) is 0 Å². The molecular formula is C48H30O. The molecule has 10 aromatic rings. The van der Waals surface area contributed by atoms with Crippen LogP contribution in [0.3, 0.4) is 0 Å². The topological polar surface area (TPSA) is 13.1 Å². The van der Waals surface area contributed by atoms with Gasteiger partial charge in [0.25, 0.3) is 0 Å². The van der Waals surface area contributed by atoms with Gasteiger partial charge >= 0.3 is 0 Å². The fourth-order valence-corrected chi connectivity index (χ4v) is 6.69. The van der Waals surface area contributed by atoms with E-state index in [4.69, 9.17) is 19.5 Å². The Morgan fingerprint density at radius 2 is 1.02 bits per heavy atom. The molecule has 0 unspecified atom stereocenters. The van der Waals surface area contributed by atoms with E-state index in [0.717, 1.165) is 27.3 Å². The Balaban J connectivity index is 1.33. The molecule has 0 fully saturated rings. The van der Waals surface area contributed by atoms with Crippen molar-refractivity contribution in [3.63, 3.8) is 0 Å². The third kappa shape index (κ3) is 4.47. The van der Waals surface area contributed by atoms with E-state index >= 15 is 0 Å². The normalized spacial score (nSPS) is 16.5. The van der Waals surface area contributed by atoms with Crippen LogP contribution >= 0.6 is 0 Å². The van der Waals surface area contributed by atoms with Gasteiger partial charge in [-0.3, -0.25) is 0 Å². The highest BCUT2D eigenvalue weighted by molar-refractivity contribution is 6.21. The summed E-state index contributed by atoms with van der Waals surface area (Å²) in [6.07, 6.45) is 0. The fraction of sp³-hybridized carbons (Fsp3) is 0. The van der Waals surface area contributed by atoms with Crippen molar-refractivity contribution < 1.29 is 27.7 Å². The lowest BCUT2D eigenvalue weighted by Gasteiger charge is -2.18. The van der Waals surface area contributed by atoms with E-state index in [9.17, 15) is 8.22 Å². The zero-order chi connectivity index (χ0) is 47.1. The van der Waals surface area contributed by atoms with Crippen molar-refractivity contribution in [2.75, 3.05) is 0 Å². The van der Waals surface area contributed by atoms with E-state index in [1.165, 1.54) is 0 Å². The van der Waals surface area contributed by atoms with Crippen molar-refractivity contribution in [2.45, 2.75) is 0 Å². The Hall–Kier alpha value is -6.44. The summed E-state index contributed by atoms with van der Waals surface area (Å²) in [5.74, 6) is 0. The van der Waals surface area contributed by atoms with Crippen molar-refractivity contribution in [1.29, 1.82) is 0 Å². The maximum Gasteiger partial charge on any atom is 0.136 e. The maximum atomic E-state index is 9.82. The minimum absolute atomic E-state index is 0.194. The van der Waals surface area contributed by atoms with Crippen LogP contribution in [0.2, 0.25) is 0 Å². The fourth-order valence-electron chi connectivity index (χ4n) is 6.69. The Kier molecular flexibility index (Phi) is 3.54. The van der Waals surface area contributed by atoms with Crippen LogP contribution in [0, 0.1) is 0 Å². The van der Waals surface area contributed by atoms with Gasteiger partial charge in [0.05, 0.1) is 23.3 Å². The van der Waals surface area contributed by atoms with Gasteiger partial charge in [0.1, 0.15) is 11.2 Å². The molecule has 0 aliphatic carbocycles. The van der Waals surface area contributed by atoms with Gasteiger partial charge in [0.15, 0.2) is 0 Å². The molecule has 228 valence electrons. The van der Waals surface area contributed by atoms with Gasteiger partial charge in [-0.25, -0.2) is 0 Å². The molecule has 1 heteroatoms. The van der Waals surface area contributed by atoms with Crippen molar-refractivity contribution in [2.24, 2.45) is 0 Å². The molecule has 0 aliphatic rings. The SMILES string of the molecule is [2H]c1c([2H])c([2H])c(-c2c3c([2H])c([2H])c([2H])c([2H])c3c(-c3c([2H])c([2H])c([2H])c(-c4ccc5c(c4)oc4cccc(-c6ccc7ccccc7c6)c45)c3[2H])c3c([2H])c([2H])c([2H])c([2H])c23)c([2H])c1[2H]. The van der Waals surface area contributed by atoms with Gasteiger partial charge in [0, 0.05) is 10.8 Å². The van der Waals surface area contributed by atoms with E-state index < -0.39 is 147 Å². The summed E-state index contributed by atoms with van der Waals surface area (Å²) < 4.78 is 159. The summed E-state index contributed by atoms with van der Waals surface area (Å²) in [6, 6.07) is 11.6. The minimum Gasteiger partial charge on any atom is -0.456 e. The molecule has 0 saturated carbocycles. The molecule has 0 aliphatic heterocycles. The van der Waals surface area contributed by atoms with Crippen molar-refractivity contribution >= 4 is 54.3 Å². The first-order chi connectivity index (χ1) is 31.4. The van der Waals surface area contributed by atoms with Crippen LogP contribution < -0.4 is 0 Å². The lowest BCUT2D eigenvalue weighted by atomic mass is 9.85. The van der Waals surface area contributed by atoms with Gasteiger partial charge < -0.3 is 4.42 Å². The maximum absolute atomic E-state index is 9.82. The molecule has 0 spiro atoms. The van der Waals surface area contributed by atoms with Crippen molar-refractivity contribution in [3.8, 4) is 44.5 Å². The molecule has 0 bridgehead atoms. The summed E-state index contributed by atoms with van der Waals surface area (Å²) in [6.45, 7) is 0. The average Bonchev–Trinajstić information content (AvgIpc) is 3.70. The number of hydrogen-bond acceptors (Lipinski definition) is 1. The second kappa shape index (κ2) is 11.1. The van der Waals surface area contributed by atoms with E-state index in [0.29, 0.717) is 16.6 Å². The number of fused-ring (bicyclic) bond motifs is 6. The van der Waals surface area contributed by atoms with Crippen LogP contribution in [0.1, 0.15) is 23.3 Å². The molecule has 0 N–H and O–H groups in total. The highest BCUT2D eigenvalue weighted by atomic mass is 16.3. The zero-order valence-electron chi connectivity index (χ0n) is 42.4. The summed E-state index contributed by atoms with van der Waals surface area (Å²) in [4.78, 5) is 0. The molecule has 1 heterocycles. The molecule has 1 nitrogen and oxygen atoms in total. The van der Waals surface area contributed by atoms with Gasteiger partial charge in [-0.1, -0.05) is 151 Å². The third-order valence-corrected chi connectivity index (χ3v) is 8.85. The predicted octanol–water partition coefficient (Wildman–Crippen LogP) is 13.7. The second-order valence-electron chi connectivity index (χ2n) is 11.6. The highest BCUT2D eigenvalue weighted by Crippen LogP contribution is 2.45. The largest absolute Gasteiger partial charge is 0.456 e. The third-order valence-electron chi connectivity index (χ3n) is 8.85. The summed E-state index contributed by atoms with van der Waals surface area (Å²) in [5.41, 5.74) is 0.648. The summed E-state index contributed by atoms with van der Waals surface area (Å²) >= 11 is 0. The summed E-state index contributed by atoms with van der Waals surface area (Å²) in [5, 5.41) is 1.59. The lowest BCUT2D eigenvalue weighted by Crippen LogP contribution is -1.91. The Labute approximate surface area is 308 Å². The first kappa shape index (κ1) is 15.6. The van der Waals surface area contributed by atoms with E-state index in [1.54, 1.807) is 18.2 Å². The van der Waals surface area contributed by atoms with Gasteiger partial charge in [-0.05, 0) is 107 Å². The Morgan fingerprint density at radius 1 is 0.388 bits per heavy atom. The van der Waals surface area contributed by atoms with Gasteiger partial charge in [-0.15, -0.1) is 0 Å². The molecule has 9 aromatic carbocycles. The Morgan fingerprint density at radius 3 is 1.78 bits per heavy atom. The smallest absolute Gasteiger partial charge is 0.136 e. The minimum atomic E-state index is -0.823. The molecule has 0 amide bonds. The first-order valence-corrected chi connectivity index (χ1v) is 15.5. The van der Waals surface area contributed by atoms with E-state index in [-0.39, 0.29) is 11.1 Å². The van der Waals surface area contributed by atoms with Crippen LogP contribution in [-0.2, 0) is 0 Å².